The van der Waals surface area contributed by atoms with Gasteiger partial charge in [-0.1, -0.05) is 54.6 Å². The molecule has 0 aromatic heterocycles. The number of hydrogen-bond donors (Lipinski definition) is 2. The van der Waals surface area contributed by atoms with E-state index in [-0.39, 0.29) is 12.1 Å². The van der Waals surface area contributed by atoms with Gasteiger partial charge in [-0.25, -0.2) is 4.79 Å². The second-order valence-electron chi connectivity index (χ2n) is 8.29. The Morgan fingerprint density at radius 2 is 1.91 bits per heavy atom. The fraction of sp³-hybridized carbons (Fsp3) is 0.231. The Bertz CT molecular complexity index is 1250. The molecule has 2 N–H and O–H groups in total. The van der Waals surface area contributed by atoms with Gasteiger partial charge in [0.2, 0.25) is 5.91 Å². The molecule has 6 nitrogen and oxygen atoms in total. The molecule has 3 atom stereocenters. The maximum atomic E-state index is 12.3. The minimum Gasteiger partial charge on any atom is -0.469 e. The van der Waals surface area contributed by atoms with Gasteiger partial charge in [-0.2, -0.15) is 0 Å². The minimum absolute atomic E-state index is 0.283. The van der Waals surface area contributed by atoms with Crippen LogP contribution in [-0.4, -0.2) is 31.3 Å². The van der Waals surface area contributed by atoms with E-state index in [0.29, 0.717) is 6.42 Å². The highest BCUT2D eigenvalue weighted by atomic mass is 79.9. The molecule has 168 valence electrons. The molecule has 3 aromatic rings. The molecule has 5 rings (SSSR count). The second kappa shape index (κ2) is 8.23. The molecule has 0 saturated carbocycles. The van der Waals surface area contributed by atoms with E-state index in [1.165, 1.54) is 14.0 Å². The van der Waals surface area contributed by atoms with Crippen LogP contribution in [0.4, 0.5) is 5.69 Å². The topological polar surface area (TPSA) is 76.7 Å². The van der Waals surface area contributed by atoms with Crippen molar-refractivity contribution in [1.82, 2.24) is 5.32 Å². The van der Waals surface area contributed by atoms with Crippen molar-refractivity contribution < 1.29 is 19.1 Å². The molecular weight excluding hydrogens is 484 g/mol. The van der Waals surface area contributed by atoms with Gasteiger partial charge in [0.1, 0.15) is 17.2 Å². The number of methoxy groups -OCH3 is 1. The molecule has 2 aliphatic rings. The number of para-hydroxylation sites is 1. The van der Waals surface area contributed by atoms with Crippen molar-refractivity contribution in [3.05, 3.63) is 93.5 Å². The molecule has 0 radical (unpaired) electrons. The van der Waals surface area contributed by atoms with Crippen molar-refractivity contribution in [3.63, 3.8) is 0 Å². The van der Waals surface area contributed by atoms with Gasteiger partial charge in [0.15, 0.2) is 6.23 Å². The Balaban J connectivity index is 1.66. The molecule has 0 unspecified atom stereocenters. The molecule has 2 heterocycles. The summed E-state index contributed by atoms with van der Waals surface area (Å²) in [6.07, 6.45) is -0.000928. The number of rotatable bonds is 5. The summed E-state index contributed by atoms with van der Waals surface area (Å²) in [6, 6.07) is 21.6. The lowest BCUT2D eigenvalue weighted by Crippen LogP contribution is -2.42. The van der Waals surface area contributed by atoms with Crippen molar-refractivity contribution in [2.45, 2.75) is 31.0 Å². The summed E-state index contributed by atoms with van der Waals surface area (Å²) in [7, 11) is 1.32. The number of carbonyl (C=O) groups is 2. The van der Waals surface area contributed by atoms with Crippen LogP contribution in [0.25, 0.3) is 0 Å². The van der Waals surface area contributed by atoms with Crippen LogP contribution in [0.1, 0.15) is 29.2 Å². The zero-order chi connectivity index (χ0) is 23.2. The molecule has 2 aliphatic heterocycles. The van der Waals surface area contributed by atoms with Crippen molar-refractivity contribution >= 4 is 33.5 Å². The van der Waals surface area contributed by atoms with Gasteiger partial charge >= 0.3 is 5.97 Å². The van der Waals surface area contributed by atoms with Gasteiger partial charge in [-0.3, -0.25) is 4.79 Å². The van der Waals surface area contributed by atoms with E-state index >= 15 is 0 Å². The smallest absolute Gasteiger partial charge is 0.328 e. The quantitative estimate of drug-likeness (QED) is 0.508. The van der Waals surface area contributed by atoms with Crippen LogP contribution in [0.5, 0.6) is 5.75 Å². The average molecular weight is 507 g/mol. The van der Waals surface area contributed by atoms with Gasteiger partial charge in [-0.15, -0.1) is 0 Å². The Labute approximate surface area is 200 Å². The first-order chi connectivity index (χ1) is 15.9. The molecule has 1 amide bonds. The Morgan fingerprint density at radius 3 is 2.64 bits per heavy atom. The number of benzene rings is 3. The largest absolute Gasteiger partial charge is 0.469 e. The van der Waals surface area contributed by atoms with E-state index in [1.54, 1.807) is 0 Å². The van der Waals surface area contributed by atoms with E-state index in [2.05, 4.69) is 50.8 Å². The summed E-state index contributed by atoms with van der Waals surface area (Å²) < 4.78 is 12.3. The summed E-state index contributed by atoms with van der Waals surface area (Å²) in [4.78, 5) is 23.9. The van der Waals surface area contributed by atoms with E-state index in [4.69, 9.17) is 9.47 Å². The van der Waals surface area contributed by atoms with Gasteiger partial charge in [0.05, 0.1) is 12.8 Å². The highest BCUT2D eigenvalue weighted by Gasteiger charge is 2.57. The second-order valence-corrected chi connectivity index (χ2v) is 9.14. The summed E-state index contributed by atoms with van der Waals surface area (Å²) in [6.45, 7) is 1.39. The normalized spacial score (nSPS) is 20.5. The number of esters is 1. The molecule has 0 aliphatic carbocycles. The first-order valence-electron chi connectivity index (χ1n) is 10.7. The summed E-state index contributed by atoms with van der Waals surface area (Å²) in [5.74, 6) is 0.0313. The van der Waals surface area contributed by atoms with Gasteiger partial charge in [0, 0.05) is 23.4 Å². The number of halogens is 1. The number of amides is 1. The number of nitrogens with one attached hydrogen (secondary N) is 2. The molecule has 33 heavy (non-hydrogen) atoms. The van der Waals surface area contributed by atoms with Crippen LogP contribution in [-0.2, 0) is 26.2 Å². The Hall–Kier alpha value is -3.32. The standard InChI is InChI=1S/C26H23BrN2O4/c1-15(30)28-21(24(31)32-2)14-16-11-12-22-19(13-16)26(17-7-4-3-5-8-17)18-9-6-10-20(27)23(18)29-25(26)33-22/h3-13,21,25,29H,14H2,1-2H3,(H,28,30)/t21-,25-,26-/m0/s1. The van der Waals surface area contributed by atoms with Crippen LogP contribution in [0.15, 0.2) is 71.2 Å². The lowest BCUT2D eigenvalue weighted by Gasteiger charge is -2.29. The highest BCUT2D eigenvalue weighted by Crippen LogP contribution is 2.58. The third-order valence-electron chi connectivity index (χ3n) is 6.35. The van der Waals surface area contributed by atoms with E-state index in [1.807, 2.05) is 42.5 Å². The molecule has 0 bridgehead atoms. The third kappa shape index (κ3) is 3.38. The predicted molar refractivity (Wildman–Crippen MR) is 128 cm³/mol. The third-order valence-corrected chi connectivity index (χ3v) is 7.01. The van der Waals surface area contributed by atoms with E-state index < -0.39 is 17.4 Å². The van der Waals surface area contributed by atoms with Gasteiger partial charge < -0.3 is 20.1 Å². The van der Waals surface area contributed by atoms with Crippen LogP contribution >= 0.6 is 15.9 Å². The zero-order valence-corrected chi connectivity index (χ0v) is 19.8. The minimum atomic E-state index is -0.764. The maximum Gasteiger partial charge on any atom is 0.328 e. The first-order valence-corrected chi connectivity index (χ1v) is 11.5. The average Bonchev–Trinajstić information content (AvgIpc) is 3.31. The molecule has 7 heteroatoms. The highest BCUT2D eigenvalue weighted by molar-refractivity contribution is 9.10. The number of anilines is 1. The number of carbonyl (C=O) groups excluding carboxylic acids is 2. The SMILES string of the molecule is COC(=O)[C@H](Cc1ccc2c(c1)[C@]1(c3ccccc3)c3cccc(Br)c3N[C@H]1O2)NC(C)=O. The first kappa shape index (κ1) is 21.5. The van der Waals surface area contributed by atoms with Crippen LogP contribution in [0.2, 0.25) is 0 Å². The predicted octanol–water partition coefficient (Wildman–Crippen LogP) is 4.15. The van der Waals surface area contributed by atoms with Crippen LogP contribution in [0, 0.1) is 0 Å². The van der Waals surface area contributed by atoms with Gasteiger partial charge in [-0.05, 0) is 44.8 Å². The number of fused-ring (bicyclic) bond motifs is 5. The lowest BCUT2D eigenvalue weighted by atomic mass is 9.70. The lowest BCUT2D eigenvalue weighted by molar-refractivity contribution is -0.144. The fourth-order valence-corrected chi connectivity index (χ4v) is 5.49. The van der Waals surface area contributed by atoms with Crippen LogP contribution in [0.3, 0.4) is 0 Å². The fourth-order valence-electron chi connectivity index (χ4n) is 5.01. The molecular formula is C26H23BrN2O4. The van der Waals surface area contributed by atoms with E-state index in [0.717, 1.165) is 38.2 Å². The number of ether oxygens (including phenoxy) is 2. The molecule has 0 spiro atoms. The van der Waals surface area contributed by atoms with Crippen molar-refractivity contribution in [1.29, 1.82) is 0 Å². The van der Waals surface area contributed by atoms with Crippen molar-refractivity contribution in [2.24, 2.45) is 0 Å². The summed E-state index contributed by atoms with van der Waals surface area (Å²) in [5.41, 5.74) is 4.61. The molecule has 3 aromatic carbocycles. The summed E-state index contributed by atoms with van der Waals surface area (Å²) >= 11 is 3.68. The molecule has 0 fully saturated rings. The number of hydrogen-bond acceptors (Lipinski definition) is 5. The van der Waals surface area contributed by atoms with E-state index in [9.17, 15) is 9.59 Å². The van der Waals surface area contributed by atoms with Crippen molar-refractivity contribution in [3.8, 4) is 5.75 Å². The Kier molecular flexibility index (Phi) is 5.37. The Morgan fingerprint density at radius 1 is 1.12 bits per heavy atom. The van der Waals surface area contributed by atoms with Crippen LogP contribution < -0.4 is 15.4 Å². The zero-order valence-electron chi connectivity index (χ0n) is 18.2. The van der Waals surface area contributed by atoms with Gasteiger partial charge in [0.25, 0.3) is 0 Å². The maximum absolute atomic E-state index is 12.3. The molecule has 0 saturated heterocycles. The monoisotopic (exact) mass is 506 g/mol. The van der Waals surface area contributed by atoms with Crippen molar-refractivity contribution in [2.75, 3.05) is 12.4 Å². The summed E-state index contributed by atoms with van der Waals surface area (Å²) in [5, 5.41) is 6.26.